The summed E-state index contributed by atoms with van der Waals surface area (Å²) < 4.78 is 5.76. The number of anilines is 1. The number of nitrogens with one attached hydrogen (secondary N) is 1. The molecule has 0 spiro atoms. The van der Waals surface area contributed by atoms with Crippen LogP contribution in [-0.4, -0.2) is 30.5 Å². The second kappa shape index (κ2) is 8.89. The van der Waals surface area contributed by atoms with Crippen LogP contribution in [-0.2, 0) is 11.3 Å². The Balaban J connectivity index is 1.31. The highest BCUT2D eigenvalue weighted by atomic mass is 16.5. The van der Waals surface area contributed by atoms with Crippen molar-refractivity contribution in [2.75, 3.05) is 25.0 Å². The van der Waals surface area contributed by atoms with E-state index >= 15 is 0 Å². The Bertz CT molecular complexity index is 925. The number of piperidine rings is 1. The normalized spacial score (nSPS) is 14.7. The molecule has 0 unspecified atom stereocenters. The maximum atomic E-state index is 12.3. The predicted molar refractivity (Wildman–Crippen MR) is 114 cm³/mol. The Morgan fingerprint density at radius 1 is 0.893 bits per heavy atom. The summed E-state index contributed by atoms with van der Waals surface area (Å²) in [6, 6.07) is 22.0. The molecule has 0 bridgehead atoms. The molecule has 1 heterocycles. The summed E-state index contributed by atoms with van der Waals surface area (Å²) >= 11 is 0. The van der Waals surface area contributed by atoms with Crippen LogP contribution in [0.4, 0.5) is 5.69 Å². The molecule has 3 aromatic carbocycles. The van der Waals surface area contributed by atoms with Crippen molar-refractivity contribution in [3.63, 3.8) is 0 Å². The van der Waals surface area contributed by atoms with Crippen molar-refractivity contribution in [3.8, 4) is 5.75 Å². The van der Waals surface area contributed by atoms with Crippen molar-refractivity contribution in [1.29, 1.82) is 0 Å². The highest BCUT2D eigenvalue weighted by Crippen LogP contribution is 2.25. The molecule has 1 fully saturated rings. The van der Waals surface area contributed by atoms with Crippen LogP contribution in [0.25, 0.3) is 10.8 Å². The Morgan fingerprint density at radius 2 is 1.64 bits per heavy atom. The maximum absolute atomic E-state index is 12.3. The lowest BCUT2D eigenvalue weighted by Gasteiger charge is -2.26. The van der Waals surface area contributed by atoms with Crippen molar-refractivity contribution in [2.24, 2.45) is 0 Å². The average molecular weight is 374 g/mol. The Hall–Kier alpha value is -2.85. The van der Waals surface area contributed by atoms with E-state index in [2.05, 4.69) is 22.3 Å². The molecule has 0 aliphatic carbocycles. The van der Waals surface area contributed by atoms with Gasteiger partial charge < -0.3 is 10.1 Å². The van der Waals surface area contributed by atoms with Crippen LogP contribution in [0.5, 0.6) is 5.75 Å². The summed E-state index contributed by atoms with van der Waals surface area (Å²) in [5.74, 6) is 0.571. The largest absolute Gasteiger partial charge is 0.483 e. The number of carbonyl (C=O) groups is 1. The van der Waals surface area contributed by atoms with Gasteiger partial charge in [0.1, 0.15) is 5.75 Å². The maximum Gasteiger partial charge on any atom is 0.262 e. The van der Waals surface area contributed by atoms with Crippen LogP contribution in [0.1, 0.15) is 24.8 Å². The average Bonchev–Trinajstić information content (AvgIpc) is 2.74. The molecule has 0 atom stereocenters. The van der Waals surface area contributed by atoms with Gasteiger partial charge in [0.05, 0.1) is 0 Å². The number of carbonyl (C=O) groups excluding carboxylic acids is 1. The fourth-order valence-electron chi connectivity index (χ4n) is 3.73. The number of nitrogens with zero attached hydrogens (tertiary/aromatic N) is 1. The third kappa shape index (κ3) is 4.70. The van der Waals surface area contributed by atoms with Gasteiger partial charge in [-0.2, -0.15) is 0 Å². The molecule has 0 saturated carbocycles. The van der Waals surface area contributed by atoms with Crippen LogP contribution >= 0.6 is 0 Å². The smallest absolute Gasteiger partial charge is 0.262 e. The summed E-state index contributed by atoms with van der Waals surface area (Å²) in [6.07, 6.45) is 3.94. The summed E-state index contributed by atoms with van der Waals surface area (Å²) in [5.41, 5.74) is 2.08. The SMILES string of the molecule is O=C(COc1cccc2ccccc12)Nc1ccc(CN2CCCCC2)cc1. The van der Waals surface area contributed by atoms with Gasteiger partial charge in [-0.1, -0.05) is 55.0 Å². The van der Waals surface area contributed by atoms with Crippen LogP contribution in [0.3, 0.4) is 0 Å². The summed E-state index contributed by atoms with van der Waals surface area (Å²) in [7, 11) is 0. The minimum Gasteiger partial charge on any atom is -0.483 e. The molecule has 4 heteroatoms. The highest BCUT2D eigenvalue weighted by molar-refractivity contribution is 5.93. The van der Waals surface area contributed by atoms with E-state index < -0.39 is 0 Å². The van der Waals surface area contributed by atoms with E-state index in [0.717, 1.165) is 28.8 Å². The molecule has 144 valence electrons. The van der Waals surface area contributed by atoms with Gasteiger partial charge in [-0.3, -0.25) is 9.69 Å². The first kappa shape index (κ1) is 18.5. The predicted octanol–water partition coefficient (Wildman–Crippen LogP) is 4.84. The number of likely N-dealkylation sites (tertiary alicyclic amines) is 1. The number of rotatable bonds is 6. The van der Waals surface area contributed by atoms with Crippen LogP contribution in [0.2, 0.25) is 0 Å². The number of hydrogen-bond donors (Lipinski definition) is 1. The Morgan fingerprint density at radius 3 is 2.46 bits per heavy atom. The van der Waals surface area contributed by atoms with Gasteiger partial charge >= 0.3 is 0 Å². The zero-order valence-corrected chi connectivity index (χ0v) is 16.1. The van der Waals surface area contributed by atoms with Crippen molar-refractivity contribution >= 4 is 22.4 Å². The van der Waals surface area contributed by atoms with Crippen molar-refractivity contribution < 1.29 is 9.53 Å². The van der Waals surface area contributed by atoms with Crippen LogP contribution in [0.15, 0.2) is 66.7 Å². The number of amides is 1. The summed E-state index contributed by atoms with van der Waals surface area (Å²) in [4.78, 5) is 14.8. The molecule has 1 aliphatic rings. The van der Waals surface area contributed by atoms with Crippen molar-refractivity contribution in [1.82, 2.24) is 4.90 Å². The third-order valence-corrected chi connectivity index (χ3v) is 5.20. The van der Waals surface area contributed by atoms with Gasteiger partial charge in [-0.15, -0.1) is 0 Å². The van der Waals surface area contributed by atoms with E-state index in [1.165, 1.54) is 37.9 Å². The van der Waals surface area contributed by atoms with Gasteiger partial charge in [0.25, 0.3) is 5.91 Å². The standard InChI is InChI=1S/C24H26N2O2/c27-24(18-28-23-10-6-8-20-7-2-3-9-22(20)23)25-21-13-11-19(12-14-21)17-26-15-4-1-5-16-26/h2-3,6-14H,1,4-5,15-18H2,(H,25,27). The first-order chi connectivity index (χ1) is 13.8. The number of benzene rings is 3. The number of ether oxygens (including phenoxy) is 1. The zero-order valence-electron chi connectivity index (χ0n) is 16.1. The zero-order chi connectivity index (χ0) is 19.2. The highest BCUT2D eigenvalue weighted by Gasteiger charge is 2.11. The lowest BCUT2D eigenvalue weighted by atomic mass is 10.1. The quantitative estimate of drug-likeness (QED) is 0.671. The van der Waals surface area contributed by atoms with Gasteiger partial charge in [-0.25, -0.2) is 0 Å². The molecular weight excluding hydrogens is 348 g/mol. The van der Waals surface area contributed by atoms with Crippen molar-refractivity contribution in [2.45, 2.75) is 25.8 Å². The molecule has 28 heavy (non-hydrogen) atoms. The van der Waals surface area contributed by atoms with E-state index in [-0.39, 0.29) is 12.5 Å². The van der Waals surface area contributed by atoms with E-state index in [4.69, 9.17) is 4.74 Å². The number of hydrogen-bond acceptors (Lipinski definition) is 3. The van der Waals surface area contributed by atoms with E-state index in [1.54, 1.807) is 0 Å². The van der Waals surface area contributed by atoms with Gasteiger partial charge in [0, 0.05) is 17.6 Å². The summed E-state index contributed by atoms with van der Waals surface area (Å²) in [6.45, 7) is 3.34. The minimum absolute atomic E-state index is 0.0104. The lowest BCUT2D eigenvalue weighted by molar-refractivity contribution is -0.118. The van der Waals surface area contributed by atoms with Crippen molar-refractivity contribution in [3.05, 3.63) is 72.3 Å². The molecule has 3 aromatic rings. The Labute approximate surface area is 166 Å². The fourth-order valence-corrected chi connectivity index (χ4v) is 3.73. The monoisotopic (exact) mass is 374 g/mol. The molecule has 0 radical (unpaired) electrons. The van der Waals surface area contributed by atoms with E-state index in [1.807, 2.05) is 54.6 Å². The number of fused-ring (bicyclic) bond motifs is 1. The first-order valence-electron chi connectivity index (χ1n) is 10.00. The molecule has 1 aliphatic heterocycles. The van der Waals surface area contributed by atoms with Crippen LogP contribution in [0, 0.1) is 0 Å². The molecule has 1 amide bonds. The summed E-state index contributed by atoms with van der Waals surface area (Å²) in [5, 5.41) is 5.03. The molecule has 4 nitrogen and oxygen atoms in total. The van der Waals surface area contributed by atoms with E-state index in [9.17, 15) is 4.79 Å². The molecule has 1 N–H and O–H groups in total. The second-order valence-electron chi connectivity index (χ2n) is 7.35. The molecule has 1 saturated heterocycles. The second-order valence-corrected chi connectivity index (χ2v) is 7.35. The van der Waals surface area contributed by atoms with Crippen LogP contribution < -0.4 is 10.1 Å². The van der Waals surface area contributed by atoms with Gasteiger partial charge in [0.2, 0.25) is 0 Å². The van der Waals surface area contributed by atoms with E-state index in [0.29, 0.717) is 0 Å². The topological polar surface area (TPSA) is 41.6 Å². The fraction of sp³-hybridized carbons (Fsp3) is 0.292. The minimum atomic E-state index is -0.156. The third-order valence-electron chi connectivity index (χ3n) is 5.20. The first-order valence-corrected chi connectivity index (χ1v) is 10.00. The Kier molecular flexibility index (Phi) is 5.88. The lowest BCUT2D eigenvalue weighted by Crippen LogP contribution is -2.29. The molecular formula is C24H26N2O2. The van der Waals surface area contributed by atoms with Gasteiger partial charge in [0.15, 0.2) is 6.61 Å². The molecule has 4 rings (SSSR count). The molecule has 0 aromatic heterocycles. The van der Waals surface area contributed by atoms with Gasteiger partial charge in [-0.05, 0) is 55.1 Å².